The predicted molar refractivity (Wildman–Crippen MR) is 62.9 cm³/mol. The standard InChI is InChI=1S/C13H14O4/c1-9(6-14)10-3-2-4-11(5-10)13(12(15)16)7-17-8-13/h2-6,14H,7-8H2,1H3,(H,15,16)/b9-6+. The molecular weight excluding hydrogens is 220 g/mol. The van der Waals surface area contributed by atoms with Gasteiger partial charge in [0.15, 0.2) is 0 Å². The largest absolute Gasteiger partial charge is 0.515 e. The molecule has 1 fully saturated rings. The minimum absolute atomic E-state index is 0.202. The lowest BCUT2D eigenvalue weighted by Gasteiger charge is -2.37. The molecule has 1 aromatic carbocycles. The summed E-state index contributed by atoms with van der Waals surface area (Å²) < 4.78 is 5.04. The predicted octanol–water partition coefficient (Wildman–Crippen LogP) is 1.96. The van der Waals surface area contributed by atoms with Crippen LogP contribution in [0.3, 0.4) is 0 Å². The second-order valence-electron chi connectivity index (χ2n) is 4.27. The number of benzene rings is 1. The van der Waals surface area contributed by atoms with Crippen molar-refractivity contribution in [2.24, 2.45) is 0 Å². The third-order valence-electron chi connectivity index (χ3n) is 3.17. The molecule has 0 amide bonds. The van der Waals surface area contributed by atoms with E-state index in [0.29, 0.717) is 5.57 Å². The average Bonchev–Trinajstić information content (AvgIpc) is 2.26. The van der Waals surface area contributed by atoms with Crippen LogP contribution < -0.4 is 0 Å². The lowest BCUT2D eigenvalue weighted by Crippen LogP contribution is -2.53. The molecule has 2 N–H and O–H groups in total. The Morgan fingerprint density at radius 3 is 2.65 bits per heavy atom. The van der Waals surface area contributed by atoms with Gasteiger partial charge in [0.05, 0.1) is 19.5 Å². The molecule has 90 valence electrons. The summed E-state index contributed by atoms with van der Waals surface area (Å²) in [6.45, 7) is 2.17. The van der Waals surface area contributed by atoms with Crippen molar-refractivity contribution in [1.82, 2.24) is 0 Å². The maximum atomic E-state index is 11.3. The Morgan fingerprint density at radius 2 is 2.18 bits per heavy atom. The number of rotatable bonds is 3. The fraction of sp³-hybridized carbons (Fsp3) is 0.308. The highest BCUT2D eigenvalue weighted by atomic mass is 16.5. The quantitative estimate of drug-likeness (QED) is 0.784. The van der Waals surface area contributed by atoms with Crippen LogP contribution in [0, 0.1) is 0 Å². The highest BCUT2D eigenvalue weighted by molar-refractivity contribution is 5.83. The first-order valence-corrected chi connectivity index (χ1v) is 5.33. The van der Waals surface area contributed by atoms with Crippen LogP contribution in [0.25, 0.3) is 5.57 Å². The number of ether oxygens (including phenoxy) is 1. The van der Waals surface area contributed by atoms with Crippen molar-refractivity contribution in [3.8, 4) is 0 Å². The molecule has 2 rings (SSSR count). The number of hydrogen-bond acceptors (Lipinski definition) is 3. The Kier molecular flexibility index (Phi) is 2.90. The molecule has 0 radical (unpaired) electrons. The van der Waals surface area contributed by atoms with Crippen LogP contribution in [-0.4, -0.2) is 29.4 Å². The third-order valence-corrected chi connectivity index (χ3v) is 3.17. The van der Waals surface area contributed by atoms with Crippen molar-refractivity contribution >= 4 is 11.5 Å². The minimum atomic E-state index is -0.925. The summed E-state index contributed by atoms with van der Waals surface area (Å²) in [6.07, 6.45) is 1.02. The van der Waals surface area contributed by atoms with Gasteiger partial charge >= 0.3 is 5.97 Å². The number of aliphatic carboxylic acids is 1. The van der Waals surface area contributed by atoms with Gasteiger partial charge in [-0.25, -0.2) is 0 Å². The Balaban J connectivity index is 2.43. The summed E-state index contributed by atoms with van der Waals surface area (Å²) in [6, 6.07) is 7.20. The first-order chi connectivity index (χ1) is 8.10. The van der Waals surface area contributed by atoms with Gasteiger partial charge in [-0.2, -0.15) is 0 Å². The second-order valence-corrected chi connectivity index (χ2v) is 4.27. The van der Waals surface area contributed by atoms with E-state index in [4.69, 9.17) is 9.84 Å². The number of carbonyl (C=O) groups is 1. The normalized spacial score (nSPS) is 18.5. The highest BCUT2D eigenvalue weighted by Crippen LogP contribution is 2.33. The molecule has 0 aromatic heterocycles. The highest BCUT2D eigenvalue weighted by Gasteiger charge is 2.47. The Labute approximate surface area is 99.2 Å². The van der Waals surface area contributed by atoms with E-state index in [9.17, 15) is 9.90 Å². The first-order valence-electron chi connectivity index (χ1n) is 5.33. The Bertz CT molecular complexity index is 472. The summed E-state index contributed by atoms with van der Waals surface area (Å²) in [5, 5.41) is 18.2. The molecule has 4 nitrogen and oxygen atoms in total. The maximum absolute atomic E-state index is 11.3. The van der Waals surface area contributed by atoms with Crippen LogP contribution in [0.4, 0.5) is 0 Å². The summed E-state index contributed by atoms with van der Waals surface area (Å²) in [5.74, 6) is -0.869. The minimum Gasteiger partial charge on any atom is -0.515 e. The molecule has 0 bridgehead atoms. The van der Waals surface area contributed by atoms with Gasteiger partial charge in [-0.05, 0) is 23.6 Å². The summed E-state index contributed by atoms with van der Waals surface area (Å²) in [7, 11) is 0. The molecule has 0 atom stereocenters. The lowest BCUT2D eigenvalue weighted by molar-refractivity contribution is -0.163. The van der Waals surface area contributed by atoms with E-state index in [2.05, 4.69) is 0 Å². The molecule has 0 spiro atoms. The average molecular weight is 234 g/mol. The smallest absolute Gasteiger partial charge is 0.318 e. The maximum Gasteiger partial charge on any atom is 0.318 e. The van der Waals surface area contributed by atoms with E-state index in [1.165, 1.54) is 0 Å². The van der Waals surface area contributed by atoms with E-state index >= 15 is 0 Å². The molecular formula is C13H14O4. The molecule has 0 unspecified atom stereocenters. The van der Waals surface area contributed by atoms with Crippen LogP contribution in [0.15, 0.2) is 30.5 Å². The van der Waals surface area contributed by atoms with E-state index in [-0.39, 0.29) is 13.2 Å². The van der Waals surface area contributed by atoms with Gasteiger partial charge in [0.2, 0.25) is 0 Å². The Morgan fingerprint density at radius 1 is 1.47 bits per heavy atom. The topological polar surface area (TPSA) is 66.8 Å². The molecule has 0 saturated carbocycles. The molecule has 1 aromatic rings. The number of hydrogen-bond donors (Lipinski definition) is 2. The molecule has 4 heteroatoms. The number of aliphatic hydroxyl groups is 1. The van der Waals surface area contributed by atoms with Crippen molar-refractivity contribution in [3.63, 3.8) is 0 Å². The second kappa shape index (κ2) is 4.22. The SMILES string of the molecule is C/C(=C\O)c1cccc(C2(C(=O)O)COC2)c1. The fourth-order valence-corrected chi connectivity index (χ4v) is 1.86. The Hall–Kier alpha value is -1.81. The van der Waals surface area contributed by atoms with Gasteiger partial charge in [-0.1, -0.05) is 24.3 Å². The van der Waals surface area contributed by atoms with E-state index in [1.54, 1.807) is 25.1 Å². The number of carboxylic acid groups (broad SMARTS) is 1. The molecule has 1 heterocycles. The van der Waals surface area contributed by atoms with Crippen LogP contribution in [0.5, 0.6) is 0 Å². The van der Waals surface area contributed by atoms with Crippen molar-refractivity contribution in [3.05, 3.63) is 41.7 Å². The van der Waals surface area contributed by atoms with Crippen LogP contribution >= 0.6 is 0 Å². The zero-order valence-electron chi connectivity index (χ0n) is 9.51. The zero-order chi connectivity index (χ0) is 12.5. The first kappa shape index (κ1) is 11.7. The summed E-state index contributed by atoms with van der Waals surface area (Å²) >= 11 is 0. The summed E-state index contributed by atoms with van der Waals surface area (Å²) in [4.78, 5) is 11.3. The van der Waals surface area contributed by atoms with Gasteiger partial charge in [0.25, 0.3) is 0 Å². The molecule has 17 heavy (non-hydrogen) atoms. The van der Waals surface area contributed by atoms with Gasteiger partial charge in [-0.3, -0.25) is 4.79 Å². The molecule has 0 aliphatic carbocycles. The molecule has 1 aliphatic heterocycles. The van der Waals surface area contributed by atoms with Gasteiger partial charge in [-0.15, -0.1) is 0 Å². The van der Waals surface area contributed by atoms with Crippen molar-refractivity contribution in [2.45, 2.75) is 12.3 Å². The molecule has 1 aliphatic rings. The fourth-order valence-electron chi connectivity index (χ4n) is 1.86. The van der Waals surface area contributed by atoms with Crippen LogP contribution in [0.1, 0.15) is 18.1 Å². The van der Waals surface area contributed by atoms with E-state index in [0.717, 1.165) is 17.4 Å². The number of carboxylic acids is 1. The van der Waals surface area contributed by atoms with Crippen molar-refractivity contribution in [2.75, 3.05) is 13.2 Å². The summed E-state index contributed by atoms with van der Waals surface area (Å²) in [5.41, 5.74) is 1.31. The zero-order valence-corrected chi connectivity index (χ0v) is 9.51. The van der Waals surface area contributed by atoms with E-state index in [1.807, 2.05) is 6.07 Å². The monoisotopic (exact) mass is 234 g/mol. The van der Waals surface area contributed by atoms with Crippen molar-refractivity contribution < 1.29 is 19.7 Å². The number of allylic oxidation sites excluding steroid dienone is 1. The third kappa shape index (κ3) is 1.80. The van der Waals surface area contributed by atoms with Crippen LogP contribution in [0.2, 0.25) is 0 Å². The van der Waals surface area contributed by atoms with Gasteiger partial charge < -0.3 is 14.9 Å². The van der Waals surface area contributed by atoms with Gasteiger partial charge in [0, 0.05) is 0 Å². The van der Waals surface area contributed by atoms with Gasteiger partial charge in [0.1, 0.15) is 5.41 Å². The molecule has 1 saturated heterocycles. The number of aliphatic hydroxyl groups excluding tert-OH is 1. The van der Waals surface area contributed by atoms with Crippen molar-refractivity contribution in [1.29, 1.82) is 0 Å². The lowest BCUT2D eigenvalue weighted by atomic mass is 9.78. The van der Waals surface area contributed by atoms with E-state index < -0.39 is 11.4 Å². The van der Waals surface area contributed by atoms with Crippen LogP contribution in [-0.2, 0) is 14.9 Å².